The van der Waals surface area contributed by atoms with Crippen LogP contribution in [0.4, 0.5) is 0 Å². The van der Waals surface area contributed by atoms with Gasteiger partial charge in [-0.15, -0.1) is 0 Å². The summed E-state index contributed by atoms with van der Waals surface area (Å²) in [5.74, 6) is -0.959. The molecular weight excluding hydrogens is 196 g/mol. The molecule has 0 aliphatic rings. The van der Waals surface area contributed by atoms with Crippen LogP contribution < -0.4 is 11.5 Å². The summed E-state index contributed by atoms with van der Waals surface area (Å²) >= 11 is 0. The highest BCUT2D eigenvalue weighted by atomic mass is 16.4. The Bertz CT molecular complexity index is 301. The van der Waals surface area contributed by atoms with Gasteiger partial charge in [0.25, 0.3) is 0 Å². The summed E-state index contributed by atoms with van der Waals surface area (Å²) < 4.78 is 0. The number of hydrogen-bond acceptors (Lipinski definition) is 3. The number of carbonyl (C=O) groups excluding carboxylic acids is 1. The van der Waals surface area contributed by atoms with E-state index in [9.17, 15) is 4.79 Å². The number of hydrogen-bond donors (Lipinski definition) is 3. The van der Waals surface area contributed by atoms with Gasteiger partial charge in [0.15, 0.2) is 0 Å². The minimum Gasteiger partial charge on any atom is -0.480 e. The Morgan fingerprint density at radius 1 is 1.40 bits per heavy atom. The van der Waals surface area contributed by atoms with E-state index in [1.54, 1.807) is 0 Å². The zero-order valence-corrected chi connectivity index (χ0v) is 8.17. The molecule has 0 saturated heterocycles. The molecule has 0 aromatic heterocycles. The van der Waals surface area contributed by atoms with Crippen molar-refractivity contribution in [2.45, 2.75) is 12.5 Å². The van der Waals surface area contributed by atoms with Crippen LogP contribution in [0.1, 0.15) is 5.56 Å². The van der Waals surface area contributed by atoms with Crippen molar-refractivity contribution in [3.8, 4) is 0 Å². The number of carboxylic acid groups (broad SMARTS) is 1. The second-order valence-corrected chi connectivity index (χ2v) is 2.77. The van der Waals surface area contributed by atoms with Gasteiger partial charge in [0.2, 0.25) is 6.41 Å². The van der Waals surface area contributed by atoms with Crippen LogP contribution in [0.3, 0.4) is 0 Å². The molecule has 0 aliphatic carbocycles. The van der Waals surface area contributed by atoms with Crippen LogP contribution >= 0.6 is 0 Å². The van der Waals surface area contributed by atoms with E-state index >= 15 is 0 Å². The van der Waals surface area contributed by atoms with Crippen LogP contribution in [0.25, 0.3) is 0 Å². The van der Waals surface area contributed by atoms with Crippen LogP contribution in [0.5, 0.6) is 0 Å². The zero-order chi connectivity index (χ0) is 11.7. The first kappa shape index (κ1) is 13.1. The molecule has 5 N–H and O–H groups in total. The Morgan fingerprint density at radius 3 is 2.27 bits per heavy atom. The quantitative estimate of drug-likeness (QED) is 0.597. The van der Waals surface area contributed by atoms with Gasteiger partial charge in [0, 0.05) is 0 Å². The van der Waals surface area contributed by atoms with Crippen molar-refractivity contribution in [2.75, 3.05) is 0 Å². The number of carbonyl (C=O) groups is 2. The summed E-state index contributed by atoms with van der Waals surface area (Å²) in [5.41, 5.74) is 10.5. The molecule has 1 amide bonds. The normalized spacial score (nSPS) is 10.7. The molecule has 1 aromatic rings. The lowest BCUT2D eigenvalue weighted by Gasteiger charge is -2.04. The van der Waals surface area contributed by atoms with Gasteiger partial charge in [0.05, 0.1) is 0 Å². The molecule has 1 atom stereocenters. The Kier molecular flexibility index (Phi) is 6.57. The average molecular weight is 210 g/mol. The molecule has 82 valence electrons. The van der Waals surface area contributed by atoms with E-state index < -0.39 is 12.0 Å². The lowest BCUT2D eigenvalue weighted by molar-refractivity contribution is -0.138. The van der Waals surface area contributed by atoms with Crippen molar-refractivity contribution in [2.24, 2.45) is 11.5 Å². The number of aliphatic carboxylic acids is 1. The van der Waals surface area contributed by atoms with Gasteiger partial charge < -0.3 is 16.6 Å². The summed E-state index contributed by atoms with van der Waals surface area (Å²) in [6.45, 7) is 0. The predicted molar refractivity (Wildman–Crippen MR) is 56.0 cm³/mol. The third kappa shape index (κ3) is 6.23. The fraction of sp³-hybridized carbons (Fsp3) is 0.200. The Labute approximate surface area is 87.7 Å². The monoisotopic (exact) mass is 210 g/mol. The number of carboxylic acids is 1. The highest BCUT2D eigenvalue weighted by Crippen LogP contribution is 2.01. The average Bonchev–Trinajstić information content (AvgIpc) is 2.20. The van der Waals surface area contributed by atoms with E-state index in [2.05, 4.69) is 5.73 Å². The van der Waals surface area contributed by atoms with Crippen LogP contribution in [0.2, 0.25) is 0 Å². The van der Waals surface area contributed by atoms with Crippen LogP contribution in [-0.2, 0) is 16.0 Å². The predicted octanol–water partition coefficient (Wildman–Crippen LogP) is -0.258. The van der Waals surface area contributed by atoms with Gasteiger partial charge in [-0.2, -0.15) is 0 Å². The maximum Gasteiger partial charge on any atom is 0.320 e. The number of benzene rings is 1. The highest BCUT2D eigenvalue weighted by molar-refractivity contribution is 5.73. The van der Waals surface area contributed by atoms with E-state index in [4.69, 9.17) is 15.6 Å². The Morgan fingerprint density at radius 2 is 1.87 bits per heavy atom. The van der Waals surface area contributed by atoms with E-state index in [0.717, 1.165) is 5.56 Å². The third-order valence-electron chi connectivity index (χ3n) is 1.62. The number of amides is 1. The topological polar surface area (TPSA) is 106 Å². The Hall–Kier alpha value is -1.88. The molecule has 1 aromatic carbocycles. The SMILES string of the molecule is NC(Cc1ccccc1)C(=O)O.NC=O. The van der Waals surface area contributed by atoms with Crippen molar-refractivity contribution in [1.82, 2.24) is 0 Å². The van der Waals surface area contributed by atoms with E-state index in [1.807, 2.05) is 30.3 Å². The lowest BCUT2D eigenvalue weighted by atomic mass is 10.1. The standard InChI is InChI=1S/C9H11NO2.CH3NO/c10-8(9(11)12)6-7-4-2-1-3-5-7;2-1-3/h1-5,8H,6,10H2,(H,11,12);1H,(H2,2,3). The van der Waals surface area contributed by atoms with Crippen molar-refractivity contribution >= 4 is 12.4 Å². The van der Waals surface area contributed by atoms with Gasteiger partial charge in [-0.1, -0.05) is 30.3 Å². The van der Waals surface area contributed by atoms with Crippen molar-refractivity contribution in [1.29, 1.82) is 0 Å². The van der Waals surface area contributed by atoms with Crippen LogP contribution in [-0.4, -0.2) is 23.5 Å². The van der Waals surface area contributed by atoms with Gasteiger partial charge in [-0.25, -0.2) is 0 Å². The van der Waals surface area contributed by atoms with E-state index in [0.29, 0.717) is 6.42 Å². The molecule has 0 saturated carbocycles. The third-order valence-corrected chi connectivity index (χ3v) is 1.62. The lowest BCUT2D eigenvalue weighted by Crippen LogP contribution is -2.32. The second kappa shape index (κ2) is 7.52. The highest BCUT2D eigenvalue weighted by Gasteiger charge is 2.10. The maximum absolute atomic E-state index is 10.4. The molecule has 1 rings (SSSR count). The first-order valence-corrected chi connectivity index (χ1v) is 4.29. The summed E-state index contributed by atoms with van der Waals surface area (Å²) in [4.78, 5) is 19.0. The first-order valence-electron chi connectivity index (χ1n) is 4.29. The number of rotatable bonds is 3. The van der Waals surface area contributed by atoms with Gasteiger partial charge >= 0.3 is 5.97 Å². The molecule has 0 heterocycles. The van der Waals surface area contributed by atoms with E-state index in [-0.39, 0.29) is 6.41 Å². The van der Waals surface area contributed by atoms with Crippen LogP contribution in [0, 0.1) is 0 Å². The number of primary amides is 1. The molecule has 5 nitrogen and oxygen atoms in total. The molecule has 0 bridgehead atoms. The first-order chi connectivity index (χ1) is 7.11. The van der Waals surface area contributed by atoms with Gasteiger partial charge in [0.1, 0.15) is 6.04 Å². The van der Waals surface area contributed by atoms with Crippen LogP contribution in [0.15, 0.2) is 30.3 Å². The summed E-state index contributed by atoms with van der Waals surface area (Å²) in [7, 11) is 0. The van der Waals surface area contributed by atoms with Crippen molar-refractivity contribution < 1.29 is 14.7 Å². The molecule has 0 aliphatic heterocycles. The smallest absolute Gasteiger partial charge is 0.320 e. The van der Waals surface area contributed by atoms with Crippen molar-refractivity contribution in [3.05, 3.63) is 35.9 Å². The fourth-order valence-corrected chi connectivity index (χ4v) is 0.955. The molecule has 0 fully saturated rings. The van der Waals surface area contributed by atoms with Gasteiger partial charge in [-0.05, 0) is 12.0 Å². The summed E-state index contributed by atoms with van der Waals surface area (Å²) in [6, 6.07) is 8.54. The maximum atomic E-state index is 10.4. The zero-order valence-electron chi connectivity index (χ0n) is 8.17. The largest absolute Gasteiger partial charge is 0.480 e. The minimum atomic E-state index is -0.959. The summed E-state index contributed by atoms with van der Waals surface area (Å²) in [5, 5.41) is 8.52. The van der Waals surface area contributed by atoms with E-state index in [1.165, 1.54) is 0 Å². The molecule has 5 heteroatoms. The molecule has 0 spiro atoms. The molecular formula is C10H14N2O3. The fourth-order valence-electron chi connectivity index (χ4n) is 0.955. The molecule has 1 unspecified atom stereocenters. The second-order valence-electron chi connectivity index (χ2n) is 2.77. The summed E-state index contributed by atoms with van der Waals surface area (Å²) in [6.07, 6.45) is 0.635. The molecule has 15 heavy (non-hydrogen) atoms. The van der Waals surface area contributed by atoms with Gasteiger partial charge in [-0.3, -0.25) is 9.59 Å². The Balaban J connectivity index is 0.000000583. The minimum absolute atomic E-state index is 0.250. The molecule has 0 radical (unpaired) electrons. The number of nitrogens with two attached hydrogens (primary N) is 2. The van der Waals surface area contributed by atoms with Crippen molar-refractivity contribution in [3.63, 3.8) is 0 Å².